The van der Waals surface area contributed by atoms with Crippen LogP contribution < -0.4 is 10.6 Å². The number of hydrogen-bond donors (Lipinski definition) is 2. The van der Waals surface area contributed by atoms with E-state index in [2.05, 4.69) is 26.6 Å². The van der Waals surface area contributed by atoms with Crippen molar-refractivity contribution in [2.24, 2.45) is 5.92 Å². The molecule has 2 fully saturated rings. The number of halogens is 3. The van der Waals surface area contributed by atoms with Gasteiger partial charge in [-0.2, -0.15) is 0 Å². The number of nitrogens with one attached hydrogen (secondary N) is 2. The summed E-state index contributed by atoms with van der Waals surface area (Å²) in [4.78, 5) is 12.3. The van der Waals surface area contributed by atoms with Crippen molar-refractivity contribution in [3.8, 4) is 0 Å². The van der Waals surface area contributed by atoms with Crippen molar-refractivity contribution < 1.29 is 13.6 Å². The van der Waals surface area contributed by atoms with E-state index in [0.29, 0.717) is 12.0 Å². The number of carbonyl (C=O) groups is 1. The Kier molecular flexibility index (Phi) is 4.26. The molecule has 1 aliphatic heterocycles. The number of benzene rings is 1. The summed E-state index contributed by atoms with van der Waals surface area (Å²) in [5.74, 6) is -1.16. The maximum Gasteiger partial charge on any atom is 0.241 e. The molecule has 1 aliphatic carbocycles. The number of hydrogen-bond acceptors (Lipinski definition) is 2. The van der Waals surface area contributed by atoms with Gasteiger partial charge in [0.15, 0.2) is 0 Å². The highest BCUT2D eigenvalue weighted by molar-refractivity contribution is 9.10. The highest BCUT2D eigenvalue weighted by atomic mass is 79.9. The SMILES string of the molecule is O=C(Nc1cc(Br)c(F)cc1F)C1CC2CCCCC2N1. The van der Waals surface area contributed by atoms with Crippen molar-refractivity contribution >= 4 is 27.5 Å². The Morgan fingerprint density at radius 1 is 1.24 bits per heavy atom. The first-order valence-electron chi connectivity index (χ1n) is 7.26. The van der Waals surface area contributed by atoms with Crippen molar-refractivity contribution in [3.63, 3.8) is 0 Å². The largest absolute Gasteiger partial charge is 0.322 e. The summed E-state index contributed by atoms with van der Waals surface area (Å²) < 4.78 is 27.0. The molecule has 1 aromatic carbocycles. The second kappa shape index (κ2) is 6.01. The van der Waals surface area contributed by atoms with Gasteiger partial charge in [0.2, 0.25) is 5.91 Å². The van der Waals surface area contributed by atoms with Gasteiger partial charge in [-0.1, -0.05) is 12.8 Å². The molecule has 0 spiro atoms. The van der Waals surface area contributed by atoms with E-state index in [0.717, 1.165) is 25.3 Å². The van der Waals surface area contributed by atoms with Gasteiger partial charge in [0, 0.05) is 12.1 Å². The molecule has 3 atom stereocenters. The Hall–Kier alpha value is -1.01. The second-order valence-electron chi connectivity index (χ2n) is 5.84. The van der Waals surface area contributed by atoms with Crippen LogP contribution in [0.25, 0.3) is 0 Å². The number of amides is 1. The lowest BCUT2D eigenvalue weighted by Gasteiger charge is -2.24. The normalized spacial score (nSPS) is 28.2. The van der Waals surface area contributed by atoms with E-state index in [1.165, 1.54) is 18.9 Å². The highest BCUT2D eigenvalue weighted by Crippen LogP contribution is 2.33. The first-order valence-corrected chi connectivity index (χ1v) is 8.05. The van der Waals surface area contributed by atoms with Gasteiger partial charge in [-0.15, -0.1) is 0 Å². The Balaban J connectivity index is 1.68. The third kappa shape index (κ3) is 3.11. The topological polar surface area (TPSA) is 41.1 Å². The van der Waals surface area contributed by atoms with Crippen LogP contribution in [0.4, 0.5) is 14.5 Å². The third-order valence-corrected chi connectivity index (χ3v) is 5.05. The minimum atomic E-state index is -0.764. The molecule has 6 heteroatoms. The van der Waals surface area contributed by atoms with E-state index >= 15 is 0 Å². The predicted octanol–water partition coefficient (Wildman–Crippen LogP) is 3.59. The molecule has 3 nitrogen and oxygen atoms in total. The van der Waals surface area contributed by atoms with Crippen molar-refractivity contribution in [2.45, 2.75) is 44.2 Å². The van der Waals surface area contributed by atoms with Crippen LogP contribution in [0.15, 0.2) is 16.6 Å². The smallest absolute Gasteiger partial charge is 0.241 e. The van der Waals surface area contributed by atoms with Gasteiger partial charge in [-0.05, 0) is 47.2 Å². The Labute approximate surface area is 130 Å². The van der Waals surface area contributed by atoms with Gasteiger partial charge in [0.05, 0.1) is 16.2 Å². The van der Waals surface area contributed by atoms with Gasteiger partial charge < -0.3 is 10.6 Å². The molecule has 21 heavy (non-hydrogen) atoms. The van der Waals surface area contributed by atoms with Crippen LogP contribution >= 0.6 is 15.9 Å². The van der Waals surface area contributed by atoms with Crippen LogP contribution in [0.3, 0.4) is 0 Å². The monoisotopic (exact) mass is 358 g/mol. The van der Waals surface area contributed by atoms with Crippen LogP contribution in [-0.4, -0.2) is 18.0 Å². The first-order chi connectivity index (χ1) is 10.0. The second-order valence-corrected chi connectivity index (χ2v) is 6.70. The van der Waals surface area contributed by atoms with Crippen LogP contribution in [0.1, 0.15) is 32.1 Å². The number of fused-ring (bicyclic) bond motifs is 1. The molecule has 3 unspecified atom stereocenters. The van der Waals surface area contributed by atoms with Gasteiger partial charge >= 0.3 is 0 Å². The summed E-state index contributed by atoms with van der Waals surface area (Å²) in [6.07, 6.45) is 5.46. The maximum atomic E-state index is 13.7. The van der Waals surface area contributed by atoms with Crippen molar-refractivity contribution in [2.75, 3.05) is 5.32 Å². The summed E-state index contributed by atoms with van der Waals surface area (Å²) in [7, 11) is 0. The molecule has 0 bridgehead atoms. The van der Waals surface area contributed by atoms with Crippen molar-refractivity contribution in [3.05, 3.63) is 28.2 Å². The summed E-state index contributed by atoms with van der Waals surface area (Å²) in [6, 6.07) is 2.13. The summed E-state index contributed by atoms with van der Waals surface area (Å²) in [6.45, 7) is 0. The molecule has 2 aliphatic rings. The molecule has 3 rings (SSSR count). The minimum Gasteiger partial charge on any atom is -0.322 e. The van der Waals surface area contributed by atoms with E-state index in [4.69, 9.17) is 0 Å². The van der Waals surface area contributed by atoms with Gasteiger partial charge in [-0.25, -0.2) is 8.78 Å². The zero-order valence-corrected chi connectivity index (χ0v) is 13.1. The molecule has 1 saturated carbocycles. The number of rotatable bonds is 2. The number of carbonyl (C=O) groups excluding carboxylic acids is 1. The van der Waals surface area contributed by atoms with Gasteiger partial charge in [0.25, 0.3) is 0 Å². The van der Waals surface area contributed by atoms with E-state index in [-0.39, 0.29) is 22.1 Å². The van der Waals surface area contributed by atoms with Crippen LogP contribution in [0, 0.1) is 17.6 Å². The Morgan fingerprint density at radius 2 is 2.00 bits per heavy atom. The quantitative estimate of drug-likeness (QED) is 0.793. The first kappa shape index (κ1) is 14.9. The lowest BCUT2D eigenvalue weighted by molar-refractivity contribution is -0.117. The van der Waals surface area contributed by atoms with Crippen molar-refractivity contribution in [1.29, 1.82) is 0 Å². The fourth-order valence-electron chi connectivity index (χ4n) is 3.36. The summed E-state index contributed by atoms with van der Waals surface area (Å²) >= 11 is 2.99. The minimum absolute atomic E-state index is 0.00458. The number of anilines is 1. The molecular formula is C15H17BrF2N2O. The maximum absolute atomic E-state index is 13.7. The standard InChI is InChI=1S/C15H17BrF2N2O/c16-9-6-13(11(18)7-10(9)17)20-15(21)14-5-8-3-1-2-4-12(8)19-14/h6-8,12,14,19H,1-5H2,(H,20,21). The predicted molar refractivity (Wildman–Crippen MR) is 80.0 cm³/mol. The molecule has 1 heterocycles. The van der Waals surface area contributed by atoms with E-state index in [9.17, 15) is 13.6 Å². The molecule has 1 saturated heterocycles. The molecular weight excluding hydrogens is 342 g/mol. The van der Waals surface area contributed by atoms with Gasteiger partial charge in [0.1, 0.15) is 11.6 Å². The summed E-state index contributed by atoms with van der Waals surface area (Å²) in [5, 5.41) is 5.89. The molecule has 1 aromatic rings. The molecule has 2 N–H and O–H groups in total. The zero-order valence-electron chi connectivity index (χ0n) is 11.5. The lowest BCUT2D eigenvalue weighted by Crippen LogP contribution is -2.40. The molecule has 114 valence electrons. The molecule has 0 radical (unpaired) electrons. The van der Waals surface area contributed by atoms with Gasteiger partial charge in [-0.3, -0.25) is 4.79 Å². The molecule has 0 aromatic heterocycles. The fraction of sp³-hybridized carbons (Fsp3) is 0.533. The average molecular weight is 359 g/mol. The fourth-order valence-corrected chi connectivity index (χ4v) is 3.70. The Morgan fingerprint density at radius 3 is 2.76 bits per heavy atom. The summed E-state index contributed by atoms with van der Waals surface area (Å²) in [5.41, 5.74) is 0.00458. The third-order valence-electron chi connectivity index (χ3n) is 4.45. The molecule has 1 amide bonds. The Bertz CT molecular complexity index is 553. The average Bonchev–Trinajstić information content (AvgIpc) is 2.88. The highest BCUT2D eigenvalue weighted by Gasteiger charge is 2.38. The van der Waals surface area contributed by atoms with Crippen LogP contribution in [0.2, 0.25) is 0 Å². The van der Waals surface area contributed by atoms with E-state index in [1.54, 1.807) is 0 Å². The van der Waals surface area contributed by atoms with Crippen LogP contribution in [-0.2, 0) is 4.79 Å². The van der Waals surface area contributed by atoms with E-state index < -0.39 is 11.6 Å². The lowest BCUT2D eigenvalue weighted by atomic mass is 9.85. The van der Waals surface area contributed by atoms with Crippen molar-refractivity contribution in [1.82, 2.24) is 5.32 Å². The zero-order chi connectivity index (χ0) is 15.0. The van der Waals surface area contributed by atoms with Crippen LogP contribution in [0.5, 0.6) is 0 Å². The van der Waals surface area contributed by atoms with E-state index in [1.807, 2.05) is 0 Å².